The lowest BCUT2D eigenvalue weighted by molar-refractivity contribution is -0.144. The highest BCUT2D eigenvalue weighted by Gasteiger charge is 2.51. The van der Waals surface area contributed by atoms with Crippen LogP contribution in [0.4, 0.5) is 0 Å². The fourth-order valence-corrected chi connectivity index (χ4v) is 4.18. The summed E-state index contributed by atoms with van der Waals surface area (Å²) >= 11 is 0. The van der Waals surface area contributed by atoms with Gasteiger partial charge in [-0.05, 0) is 44.9 Å². The van der Waals surface area contributed by atoms with Crippen LogP contribution in [0.15, 0.2) is 0 Å². The second-order valence-electron chi connectivity index (χ2n) is 6.37. The van der Waals surface area contributed by atoms with E-state index in [0.29, 0.717) is 17.2 Å². The second-order valence-corrected chi connectivity index (χ2v) is 6.37. The van der Waals surface area contributed by atoms with E-state index in [1.54, 1.807) is 18.7 Å². The summed E-state index contributed by atoms with van der Waals surface area (Å²) in [6.45, 7) is 3.65. The number of amides is 1. The van der Waals surface area contributed by atoms with Gasteiger partial charge >= 0.3 is 5.97 Å². The van der Waals surface area contributed by atoms with Gasteiger partial charge in [0, 0.05) is 18.8 Å². The summed E-state index contributed by atoms with van der Waals surface area (Å²) < 4.78 is 1.68. The Morgan fingerprint density at radius 1 is 1.29 bits per heavy atom. The number of aryl methyl sites for hydroxylation is 2. The minimum Gasteiger partial charge on any atom is -0.481 e. The Kier molecular flexibility index (Phi) is 3.26. The number of fused-ring (bicyclic) bond motifs is 2. The van der Waals surface area contributed by atoms with Gasteiger partial charge in [-0.1, -0.05) is 0 Å². The van der Waals surface area contributed by atoms with Crippen molar-refractivity contribution in [3.8, 4) is 0 Å². The fraction of sp³-hybridized carbons (Fsp3) is 0.667. The molecule has 2 bridgehead atoms. The number of carboxylic acid groups (broad SMARTS) is 1. The predicted molar refractivity (Wildman–Crippen MR) is 75.9 cm³/mol. The number of nitrogens with one attached hydrogen (secondary N) is 1. The molecule has 3 rings (SSSR count). The number of carboxylic acids is 1. The maximum Gasteiger partial charge on any atom is 0.308 e. The summed E-state index contributed by atoms with van der Waals surface area (Å²) in [6, 6.07) is -0.243. The van der Waals surface area contributed by atoms with Crippen LogP contribution >= 0.6 is 0 Å². The maximum atomic E-state index is 12.5. The highest BCUT2D eigenvalue weighted by Crippen LogP contribution is 2.48. The van der Waals surface area contributed by atoms with Crippen molar-refractivity contribution in [3.63, 3.8) is 0 Å². The minimum atomic E-state index is -0.785. The number of rotatable bonds is 3. The third-order valence-corrected chi connectivity index (χ3v) is 5.24. The van der Waals surface area contributed by atoms with Crippen molar-refractivity contribution in [2.45, 2.75) is 39.2 Å². The lowest BCUT2D eigenvalue weighted by Crippen LogP contribution is -2.47. The lowest BCUT2D eigenvalue weighted by Gasteiger charge is -2.28. The SMILES string of the molecule is Cc1nn(C)c(C)c1C(=O)NC1C2CCC(C2)C1C(=O)O. The first-order chi connectivity index (χ1) is 9.90. The number of carbonyl (C=O) groups excluding carboxylic acids is 1. The van der Waals surface area contributed by atoms with E-state index in [9.17, 15) is 14.7 Å². The molecule has 2 fully saturated rings. The first-order valence-electron chi connectivity index (χ1n) is 7.44. The average molecular weight is 291 g/mol. The van der Waals surface area contributed by atoms with Crippen LogP contribution in [0.5, 0.6) is 0 Å². The van der Waals surface area contributed by atoms with Gasteiger partial charge in [0.05, 0.1) is 17.2 Å². The summed E-state index contributed by atoms with van der Waals surface area (Å²) in [5, 5.41) is 16.7. The molecule has 1 amide bonds. The Labute approximate surface area is 123 Å². The van der Waals surface area contributed by atoms with Crippen LogP contribution in [-0.2, 0) is 11.8 Å². The zero-order valence-corrected chi connectivity index (χ0v) is 12.6. The molecule has 0 saturated heterocycles. The molecular weight excluding hydrogens is 270 g/mol. The van der Waals surface area contributed by atoms with Gasteiger partial charge in [0.15, 0.2) is 0 Å². The van der Waals surface area contributed by atoms with Crippen molar-refractivity contribution >= 4 is 11.9 Å². The predicted octanol–water partition coefficient (Wildman–Crippen LogP) is 1.27. The van der Waals surface area contributed by atoms with Gasteiger partial charge < -0.3 is 10.4 Å². The number of nitrogens with zero attached hydrogens (tertiary/aromatic N) is 2. The number of hydrogen-bond acceptors (Lipinski definition) is 3. The van der Waals surface area contributed by atoms with Crippen LogP contribution in [0, 0.1) is 31.6 Å². The fourth-order valence-electron chi connectivity index (χ4n) is 4.18. The Bertz CT molecular complexity index is 608. The topological polar surface area (TPSA) is 84.2 Å². The van der Waals surface area contributed by atoms with Crippen LogP contribution < -0.4 is 5.32 Å². The van der Waals surface area contributed by atoms with E-state index >= 15 is 0 Å². The molecule has 2 N–H and O–H groups in total. The van der Waals surface area contributed by atoms with E-state index in [0.717, 1.165) is 25.0 Å². The third kappa shape index (κ3) is 2.13. The quantitative estimate of drug-likeness (QED) is 0.878. The molecule has 4 unspecified atom stereocenters. The summed E-state index contributed by atoms with van der Waals surface area (Å²) in [4.78, 5) is 24.0. The molecule has 1 aromatic rings. The molecule has 2 aliphatic carbocycles. The zero-order chi connectivity index (χ0) is 15.3. The molecule has 0 aromatic carbocycles. The van der Waals surface area contributed by atoms with Crippen molar-refractivity contribution in [2.24, 2.45) is 24.8 Å². The van der Waals surface area contributed by atoms with Crippen molar-refractivity contribution in [2.75, 3.05) is 0 Å². The first kappa shape index (κ1) is 14.1. The molecule has 114 valence electrons. The first-order valence-corrected chi connectivity index (χ1v) is 7.44. The number of hydrogen-bond donors (Lipinski definition) is 2. The molecule has 0 aliphatic heterocycles. The average Bonchev–Trinajstić information content (AvgIpc) is 3.04. The lowest BCUT2D eigenvalue weighted by atomic mass is 9.84. The standard InChI is InChI=1S/C15H21N3O3/c1-7-11(8(2)18(3)17-7)14(19)16-13-10-5-4-9(6-10)12(13)15(20)21/h9-10,12-13H,4-6H2,1-3H3,(H,16,19)(H,20,21). The van der Waals surface area contributed by atoms with Crippen molar-refractivity contribution < 1.29 is 14.7 Å². The molecular formula is C15H21N3O3. The van der Waals surface area contributed by atoms with Crippen LogP contribution in [0.3, 0.4) is 0 Å². The number of aliphatic carboxylic acids is 1. The van der Waals surface area contributed by atoms with E-state index in [4.69, 9.17) is 0 Å². The van der Waals surface area contributed by atoms with Crippen molar-refractivity contribution in [3.05, 3.63) is 17.0 Å². The van der Waals surface area contributed by atoms with E-state index in [2.05, 4.69) is 10.4 Å². The van der Waals surface area contributed by atoms with Crippen LogP contribution in [0.2, 0.25) is 0 Å². The molecule has 1 aromatic heterocycles. The number of aromatic nitrogens is 2. The van der Waals surface area contributed by atoms with Gasteiger partial charge in [-0.15, -0.1) is 0 Å². The molecule has 2 saturated carbocycles. The van der Waals surface area contributed by atoms with E-state index in [1.807, 2.05) is 6.92 Å². The molecule has 2 aliphatic rings. The van der Waals surface area contributed by atoms with Gasteiger partial charge in [0.25, 0.3) is 5.91 Å². The van der Waals surface area contributed by atoms with E-state index in [-0.39, 0.29) is 17.9 Å². The van der Waals surface area contributed by atoms with Gasteiger partial charge in [0.2, 0.25) is 0 Å². The summed E-state index contributed by atoms with van der Waals surface area (Å²) in [5.74, 6) is -0.898. The molecule has 4 atom stereocenters. The highest BCUT2D eigenvalue weighted by molar-refractivity contribution is 5.97. The smallest absolute Gasteiger partial charge is 0.308 e. The maximum absolute atomic E-state index is 12.5. The third-order valence-electron chi connectivity index (χ3n) is 5.24. The molecule has 1 heterocycles. The van der Waals surface area contributed by atoms with Crippen LogP contribution in [0.25, 0.3) is 0 Å². The largest absolute Gasteiger partial charge is 0.481 e. The summed E-state index contributed by atoms with van der Waals surface area (Å²) in [5.41, 5.74) is 2.06. The Hall–Kier alpha value is -1.85. The van der Waals surface area contributed by atoms with Crippen molar-refractivity contribution in [1.29, 1.82) is 0 Å². The van der Waals surface area contributed by atoms with Crippen molar-refractivity contribution in [1.82, 2.24) is 15.1 Å². The van der Waals surface area contributed by atoms with Gasteiger partial charge in [-0.25, -0.2) is 0 Å². The monoisotopic (exact) mass is 291 g/mol. The van der Waals surface area contributed by atoms with Gasteiger partial charge in [-0.3, -0.25) is 14.3 Å². The second kappa shape index (κ2) is 4.86. The molecule has 21 heavy (non-hydrogen) atoms. The Morgan fingerprint density at radius 2 is 1.95 bits per heavy atom. The minimum absolute atomic E-state index is 0.193. The normalized spacial score (nSPS) is 30.6. The van der Waals surface area contributed by atoms with Crippen LogP contribution in [0.1, 0.15) is 41.0 Å². The van der Waals surface area contributed by atoms with E-state index in [1.165, 1.54) is 0 Å². The van der Waals surface area contributed by atoms with Gasteiger partial charge in [0.1, 0.15) is 0 Å². The molecule has 6 nitrogen and oxygen atoms in total. The Balaban J connectivity index is 1.83. The Morgan fingerprint density at radius 3 is 2.52 bits per heavy atom. The zero-order valence-electron chi connectivity index (χ0n) is 12.6. The van der Waals surface area contributed by atoms with Crippen LogP contribution in [-0.4, -0.2) is 32.8 Å². The molecule has 0 spiro atoms. The molecule has 6 heteroatoms. The van der Waals surface area contributed by atoms with E-state index < -0.39 is 11.9 Å². The summed E-state index contributed by atoms with van der Waals surface area (Å²) in [7, 11) is 1.80. The highest BCUT2D eigenvalue weighted by atomic mass is 16.4. The number of carbonyl (C=O) groups is 2. The summed E-state index contributed by atoms with van der Waals surface area (Å²) in [6.07, 6.45) is 2.91. The van der Waals surface area contributed by atoms with Gasteiger partial charge in [-0.2, -0.15) is 5.10 Å². The molecule has 0 radical (unpaired) electrons.